The molecule has 0 bridgehead atoms. The molecular weight excluding hydrogens is 222 g/mol. The number of halogens is 1. The van der Waals surface area contributed by atoms with Crippen molar-refractivity contribution in [1.29, 1.82) is 0 Å². The summed E-state index contributed by atoms with van der Waals surface area (Å²) >= 11 is 7.26. The molecule has 1 saturated heterocycles. The monoisotopic (exact) mass is 231 g/mol. The molecule has 0 radical (unpaired) electrons. The molecule has 0 saturated carbocycles. The highest BCUT2D eigenvalue weighted by Gasteiger charge is 2.12. The third kappa shape index (κ3) is 2.26. The van der Waals surface area contributed by atoms with Gasteiger partial charge < -0.3 is 9.64 Å². The van der Waals surface area contributed by atoms with Gasteiger partial charge in [-0.25, -0.2) is 0 Å². The predicted molar refractivity (Wildman–Crippen MR) is 58.6 cm³/mol. The van der Waals surface area contributed by atoms with Gasteiger partial charge >= 0.3 is 0 Å². The van der Waals surface area contributed by atoms with Crippen LogP contribution < -0.4 is 10.3 Å². The number of hydrogen-bond donors (Lipinski definition) is 0. The maximum Gasteiger partial charge on any atom is 0.183 e. The molecule has 0 unspecified atom stereocenters. The molecule has 0 amide bonds. The highest BCUT2D eigenvalue weighted by Crippen LogP contribution is 2.25. The Balaban J connectivity index is 2.26. The lowest BCUT2D eigenvalue weighted by Gasteiger charge is -2.27. The number of morpholine rings is 1. The fraction of sp³-hybridized carbons (Fsp3) is 0.444. The van der Waals surface area contributed by atoms with Gasteiger partial charge in [-0.2, -0.15) is 0 Å². The fourth-order valence-corrected chi connectivity index (χ4v) is 2.58. The smallest absolute Gasteiger partial charge is 0.183 e. The molecule has 1 fully saturated rings. The Morgan fingerprint density at radius 2 is 2.07 bits per heavy atom. The molecule has 1 aliphatic heterocycles. The van der Waals surface area contributed by atoms with Crippen molar-refractivity contribution in [2.24, 2.45) is 0 Å². The summed E-state index contributed by atoms with van der Waals surface area (Å²) in [4.78, 5) is 13.3. The summed E-state index contributed by atoms with van der Waals surface area (Å²) in [6, 6.07) is 3.07. The predicted octanol–water partition coefficient (Wildman–Crippen LogP) is 1.60. The van der Waals surface area contributed by atoms with Gasteiger partial charge in [-0.3, -0.25) is 4.79 Å². The van der Waals surface area contributed by atoms with E-state index in [2.05, 4.69) is 4.90 Å². The fourth-order valence-electron chi connectivity index (χ4n) is 1.37. The first-order valence-electron chi connectivity index (χ1n) is 4.39. The minimum atomic E-state index is -0.0322. The average Bonchev–Trinajstić information content (AvgIpc) is 2.18. The highest BCUT2D eigenvalue weighted by molar-refractivity contribution is 7.19. The third-order valence-electron chi connectivity index (χ3n) is 2.05. The van der Waals surface area contributed by atoms with Crippen LogP contribution in [0.1, 0.15) is 0 Å². The van der Waals surface area contributed by atoms with Crippen LogP contribution in [0.2, 0.25) is 4.34 Å². The van der Waals surface area contributed by atoms with E-state index >= 15 is 0 Å². The van der Waals surface area contributed by atoms with Gasteiger partial charge in [0.1, 0.15) is 0 Å². The zero-order valence-corrected chi connectivity index (χ0v) is 9.11. The molecule has 2 heterocycles. The second-order valence-electron chi connectivity index (χ2n) is 3.03. The Morgan fingerprint density at radius 1 is 1.36 bits per heavy atom. The molecule has 1 aromatic heterocycles. The van der Waals surface area contributed by atoms with E-state index in [1.54, 1.807) is 6.07 Å². The summed E-state index contributed by atoms with van der Waals surface area (Å²) in [6.45, 7) is 3.09. The minimum Gasteiger partial charge on any atom is -0.378 e. The zero-order valence-electron chi connectivity index (χ0n) is 7.53. The molecule has 76 valence electrons. The number of rotatable bonds is 1. The summed E-state index contributed by atoms with van der Waals surface area (Å²) in [7, 11) is 0. The van der Waals surface area contributed by atoms with E-state index in [-0.39, 0.29) is 5.43 Å². The molecule has 1 aromatic rings. The molecule has 0 aliphatic carbocycles. The summed E-state index contributed by atoms with van der Waals surface area (Å²) in [5.41, 5.74) is -0.0322. The lowest BCUT2D eigenvalue weighted by molar-refractivity contribution is 0.123. The van der Waals surface area contributed by atoms with Gasteiger partial charge in [0.05, 0.1) is 22.6 Å². The van der Waals surface area contributed by atoms with Crippen LogP contribution >= 0.6 is 22.9 Å². The van der Waals surface area contributed by atoms with Crippen LogP contribution in [0.3, 0.4) is 0 Å². The minimum absolute atomic E-state index is 0.0322. The van der Waals surface area contributed by atoms with Crippen LogP contribution in [0.4, 0.5) is 5.00 Å². The van der Waals surface area contributed by atoms with Gasteiger partial charge in [0.15, 0.2) is 5.43 Å². The van der Waals surface area contributed by atoms with E-state index < -0.39 is 0 Å². The van der Waals surface area contributed by atoms with Gasteiger partial charge in [-0.1, -0.05) is 11.6 Å². The van der Waals surface area contributed by atoms with Crippen molar-refractivity contribution in [1.82, 2.24) is 0 Å². The Hall–Kier alpha value is -0.580. The van der Waals surface area contributed by atoms with E-state index in [9.17, 15) is 4.79 Å². The quantitative estimate of drug-likeness (QED) is 0.735. The molecule has 3 nitrogen and oxygen atoms in total. The maximum atomic E-state index is 11.2. The Labute approximate surface area is 90.9 Å². The van der Waals surface area contributed by atoms with Crippen molar-refractivity contribution in [2.45, 2.75) is 0 Å². The number of anilines is 1. The highest BCUT2D eigenvalue weighted by atomic mass is 35.5. The van der Waals surface area contributed by atoms with Crippen LogP contribution in [0.15, 0.2) is 16.9 Å². The standard InChI is InChI=1S/C9H10ClNO2S/c10-8-5-7(12)6-9(14-8)11-1-3-13-4-2-11/h5-6H,1-4H2. The molecule has 1 aliphatic rings. The number of hydrogen-bond acceptors (Lipinski definition) is 4. The second kappa shape index (κ2) is 4.29. The van der Waals surface area contributed by atoms with Crippen molar-refractivity contribution in [3.8, 4) is 0 Å². The first-order chi connectivity index (χ1) is 6.75. The lowest BCUT2D eigenvalue weighted by atomic mass is 10.4. The van der Waals surface area contributed by atoms with Crippen molar-refractivity contribution in [2.75, 3.05) is 31.2 Å². The Kier molecular flexibility index (Phi) is 3.05. The van der Waals surface area contributed by atoms with Gasteiger partial charge in [0, 0.05) is 25.2 Å². The SMILES string of the molecule is O=c1cc(Cl)sc(N2CCOCC2)c1. The molecule has 0 atom stereocenters. The van der Waals surface area contributed by atoms with Crippen molar-refractivity contribution >= 4 is 27.9 Å². The molecule has 2 rings (SSSR count). The number of nitrogens with zero attached hydrogens (tertiary/aromatic N) is 1. The van der Waals surface area contributed by atoms with Crippen LogP contribution in [0.5, 0.6) is 0 Å². The molecule has 0 aromatic carbocycles. The van der Waals surface area contributed by atoms with E-state index in [1.165, 1.54) is 17.4 Å². The summed E-state index contributed by atoms with van der Waals surface area (Å²) < 4.78 is 5.77. The van der Waals surface area contributed by atoms with Gasteiger partial charge in [-0.05, 0) is 0 Å². The number of ether oxygens (including phenoxy) is 1. The van der Waals surface area contributed by atoms with E-state index in [0.29, 0.717) is 17.6 Å². The maximum absolute atomic E-state index is 11.2. The zero-order chi connectivity index (χ0) is 9.97. The van der Waals surface area contributed by atoms with Crippen LogP contribution in [-0.2, 0) is 4.74 Å². The van der Waals surface area contributed by atoms with Crippen LogP contribution in [-0.4, -0.2) is 26.3 Å². The second-order valence-corrected chi connectivity index (χ2v) is 4.73. The summed E-state index contributed by atoms with van der Waals surface area (Å²) in [6.07, 6.45) is 0. The van der Waals surface area contributed by atoms with Gasteiger partial charge in [0.2, 0.25) is 0 Å². The largest absolute Gasteiger partial charge is 0.378 e. The molecule has 14 heavy (non-hydrogen) atoms. The first-order valence-corrected chi connectivity index (χ1v) is 5.58. The van der Waals surface area contributed by atoms with Crippen molar-refractivity contribution in [3.63, 3.8) is 0 Å². The Morgan fingerprint density at radius 3 is 2.71 bits per heavy atom. The topological polar surface area (TPSA) is 29.5 Å². The summed E-state index contributed by atoms with van der Waals surface area (Å²) in [5, 5.41) is 0.936. The summed E-state index contributed by atoms with van der Waals surface area (Å²) in [5.74, 6) is 0. The van der Waals surface area contributed by atoms with E-state index in [4.69, 9.17) is 16.3 Å². The Bertz CT molecular complexity index is 373. The molecular formula is C9H10ClNO2S. The normalized spacial score (nSPS) is 17.1. The van der Waals surface area contributed by atoms with E-state index in [1.807, 2.05) is 0 Å². The molecule has 0 spiro atoms. The van der Waals surface area contributed by atoms with Gasteiger partial charge in [-0.15, -0.1) is 11.3 Å². The van der Waals surface area contributed by atoms with Crippen LogP contribution in [0.25, 0.3) is 0 Å². The molecule has 5 heteroatoms. The third-order valence-corrected chi connectivity index (χ3v) is 3.28. The average molecular weight is 232 g/mol. The van der Waals surface area contributed by atoms with Crippen LogP contribution in [0, 0.1) is 0 Å². The van der Waals surface area contributed by atoms with E-state index in [0.717, 1.165) is 18.1 Å². The van der Waals surface area contributed by atoms with Crippen molar-refractivity contribution < 1.29 is 4.74 Å². The molecule has 0 N–H and O–H groups in total. The lowest BCUT2D eigenvalue weighted by Crippen LogP contribution is -2.36. The van der Waals surface area contributed by atoms with Gasteiger partial charge in [0.25, 0.3) is 0 Å². The first kappa shape index (κ1) is 9.96. The van der Waals surface area contributed by atoms with Crippen molar-refractivity contribution in [3.05, 3.63) is 26.7 Å².